The Labute approximate surface area is 122 Å². The van der Waals surface area contributed by atoms with E-state index in [1.807, 2.05) is 35.2 Å². The van der Waals surface area contributed by atoms with E-state index >= 15 is 0 Å². The van der Waals surface area contributed by atoms with E-state index < -0.39 is 6.04 Å². The summed E-state index contributed by atoms with van der Waals surface area (Å²) in [4.78, 5) is 14.3. The zero-order chi connectivity index (χ0) is 14.7. The summed E-state index contributed by atoms with van der Waals surface area (Å²) in [5.74, 6) is 0.00605. The van der Waals surface area contributed by atoms with Gasteiger partial charge in [-0.15, -0.1) is 5.10 Å². The highest BCUT2D eigenvalue weighted by molar-refractivity contribution is 5.80. The Balaban J connectivity index is 1.70. The molecule has 7 nitrogen and oxygen atoms in total. The summed E-state index contributed by atoms with van der Waals surface area (Å²) in [6, 6.07) is 9.54. The molecule has 7 heteroatoms. The molecule has 21 heavy (non-hydrogen) atoms. The van der Waals surface area contributed by atoms with Crippen LogP contribution in [0.4, 0.5) is 0 Å². The normalized spacial score (nSPS) is 20.2. The van der Waals surface area contributed by atoms with Gasteiger partial charge >= 0.3 is 0 Å². The molecular formula is C14H17N5O2. The number of tetrazole rings is 1. The first kappa shape index (κ1) is 13.7. The van der Waals surface area contributed by atoms with Crippen molar-refractivity contribution in [2.75, 3.05) is 19.7 Å². The molecule has 0 unspecified atom stereocenters. The van der Waals surface area contributed by atoms with Crippen molar-refractivity contribution in [3.8, 4) is 0 Å². The van der Waals surface area contributed by atoms with E-state index in [4.69, 9.17) is 4.74 Å². The summed E-state index contributed by atoms with van der Waals surface area (Å²) in [6.45, 7) is 3.48. The van der Waals surface area contributed by atoms with Gasteiger partial charge in [-0.1, -0.05) is 30.3 Å². The minimum atomic E-state index is -0.408. The molecule has 1 aliphatic rings. The molecule has 1 fully saturated rings. The first-order valence-electron chi connectivity index (χ1n) is 6.93. The number of nitrogens with zero attached hydrogens (tertiary/aromatic N) is 5. The minimum Gasteiger partial charge on any atom is -0.370 e. The van der Waals surface area contributed by atoms with Crippen LogP contribution in [0.15, 0.2) is 36.7 Å². The maximum absolute atomic E-state index is 12.5. The maximum atomic E-state index is 12.5. The van der Waals surface area contributed by atoms with Crippen LogP contribution in [0.2, 0.25) is 0 Å². The molecule has 1 saturated heterocycles. The fourth-order valence-electron chi connectivity index (χ4n) is 2.44. The Kier molecular flexibility index (Phi) is 3.92. The molecule has 2 heterocycles. The van der Waals surface area contributed by atoms with Crippen molar-refractivity contribution in [1.82, 2.24) is 25.1 Å². The van der Waals surface area contributed by atoms with Crippen molar-refractivity contribution >= 4 is 5.91 Å². The van der Waals surface area contributed by atoms with Crippen LogP contribution in [0.25, 0.3) is 0 Å². The molecule has 0 radical (unpaired) electrons. The molecule has 2 atom stereocenters. The molecule has 3 rings (SSSR count). The number of hydrogen-bond donors (Lipinski definition) is 0. The molecule has 110 valence electrons. The highest BCUT2D eigenvalue weighted by atomic mass is 16.5. The molecule has 2 aromatic rings. The SMILES string of the molecule is C[C@@H](C(=O)N1CCO[C@@H](c2ccccc2)C1)n1cnnn1. The van der Waals surface area contributed by atoms with Crippen LogP contribution in [0, 0.1) is 0 Å². The zero-order valence-corrected chi connectivity index (χ0v) is 11.8. The summed E-state index contributed by atoms with van der Waals surface area (Å²) in [5, 5.41) is 10.9. The second-order valence-electron chi connectivity index (χ2n) is 5.02. The second kappa shape index (κ2) is 6.01. The Morgan fingerprint density at radius 2 is 2.19 bits per heavy atom. The fourth-order valence-corrected chi connectivity index (χ4v) is 2.44. The first-order valence-corrected chi connectivity index (χ1v) is 6.93. The predicted octanol–water partition coefficient (Wildman–Crippen LogP) is 0.834. The number of hydrogen-bond acceptors (Lipinski definition) is 5. The molecule has 1 amide bonds. The molecule has 0 bridgehead atoms. The van der Waals surface area contributed by atoms with E-state index in [1.165, 1.54) is 11.0 Å². The van der Waals surface area contributed by atoms with E-state index in [-0.39, 0.29) is 12.0 Å². The number of ether oxygens (including phenoxy) is 1. The number of amides is 1. The monoisotopic (exact) mass is 287 g/mol. The molecular weight excluding hydrogens is 270 g/mol. The average Bonchev–Trinajstić information content (AvgIpc) is 3.09. The Hall–Kier alpha value is -2.28. The molecule has 0 spiro atoms. The molecule has 0 aliphatic carbocycles. The highest BCUT2D eigenvalue weighted by Gasteiger charge is 2.29. The number of carbonyl (C=O) groups is 1. The van der Waals surface area contributed by atoms with Crippen LogP contribution in [0.5, 0.6) is 0 Å². The summed E-state index contributed by atoms with van der Waals surface area (Å²) in [6.07, 6.45) is 1.38. The van der Waals surface area contributed by atoms with Crippen molar-refractivity contribution in [2.24, 2.45) is 0 Å². The van der Waals surface area contributed by atoms with E-state index in [1.54, 1.807) is 6.92 Å². The van der Waals surface area contributed by atoms with Crippen molar-refractivity contribution in [3.63, 3.8) is 0 Å². The Morgan fingerprint density at radius 1 is 1.38 bits per heavy atom. The van der Waals surface area contributed by atoms with Gasteiger partial charge in [0.25, 0.3) is 0 Å². The number of carbonyl (C=O) groups excluding carboxylic acids is 1. The topological polar surface area (TPSA) is 73.1 Å². The Bertz CT molecular complexity index is 587. The van der Waals surface area contributed by atoms with Crippen molar-refractivity contribution in [2.45, 2.75) is 19.1 Å². The standard InChI is InChI=1S/C14H17N5O2/c1-11(19-10-15-16-17-19)14(20)18-7-8-21-13(9-18)12-5-3-2-4-6-12/h2-6,10-11,13H,7-9H2,1H3/t11-,13+/m0/s1. The smallest absolute Gasteiger partial charge is 0.247 e. The van der Waals surface area contributed by atoms with Crippen molar-refractivity contribution in [3.05, 3.63) is 42.2 Å². The second-order valence-corrected chi connectivity index (χ2v) is 5.02. The van der Waals surface area contributed by atoms with E-state index in [2.05, 4.69) is 15.5 Å². The van der Waals surface area contributed by atoms with Crippen LogP contribution in [0.1, 0.15) is 24.6 Å². The van der Waals surface area contributed by atoms with Gasteiger partial charge in [0.2, 0.25) is 5.91 Å². The summed E-state index contributed by atoms with van der Waals surface area (Å²) < 4.78 is 7.24. The van der Waals surface area contributed by atoms with Gasteiger partial charge in [0.15, 0.2) is 0 Å². The first-order chi connectivity index (χ1) is 10.3. The van der Waals surface area contributed by atoms with Crippen LogP contribution < -0.4 is 0 Å². The summed E-state index contributed by atoms with van der Waals surface area (Å²) in [7, 11) is 0. The quantitative estimate of drug-likeness (QED) is 0.836. The van der Waals surface area contributed by atoms with Gasteiger partial charge in [-0.3, -0.25) is 4.79 Å². The minimum absolute atomic E-state index is 0.00605. The number of benzene rings is 1. The van der Waals surface area contributed by atoms with E-state index in [0.29, 0.717) is 19.7 Å². The predicted molar refractivity (Wildman–Crippen MR) is 74.2 cm³/mol. The van der Waals surface area contributed by atoms with Gasteiger partial charge in [0, 0.05) is 6.54 Å². The third-order valence-corrected chi connectivity index (χ3v) is 3.67. The van der Waals surface area contributed by atoms with Gasteiger partial charge in [-0.2, -0.15) is 0 Å². The van der Waals surface area contributed by atoms with Gasteiger partial charge in [-0.25, -0.2) is 4.68 Å². The molecule has 1 aromatic heterocycles. The molecule has 1 aromatic carbocycles. The third-order valence-electron chi connectivity index (χ3n) is 3.67. The number of morpholine rings is 1. The largest absolute Gasteiger partial charge is 0.370 e. The van der Waals surface area contributed by atoms with Crippen LogP contribution in [0.3, 0.4) is 0 Å². The van der Waals surface area contributed by atoms with Gasteiger partial charge in [0.1, 0.15) is 18.5 Å². The zero-order valence-electron chi connectivity index (χ0n) is 11.8. The van der Waals surface area contributed by atoms with E-state index in [9.17, 15) is 4.79 Å². The van der Waals surface area contributed by atoms with Crippen LogP contribution in [-0.4, -0.2) is 50.7 Å². The lowest BCUT2D eigenvalue weighted by molar-refractivity contribution is -0.142. The molecule has 0 N–H and O–H groups in total. The maximum Gasteiger partial charge on any atom is 0.247 e. The lowest BCUT2D eigenvalue weighted by Crippen LogP contribution is -2.45. The van der Waals surface area contributed by atoms with Crippen molar-refractivity contribution in [1.29, 1.82) is 0 Å². The van der Waals surface area contributed by atoms with Crippen LogP contribution >= 0.6 is 0 Å². The lowest BCUT2D eigenvalue weighted by atomic mass is 10.1. The van der Waals surface area contributed by atoms with Crippen molar-refractivity contribution < 1.29 is 9.53 Å². The number of aromatic nitrogens is 4. The fraction of sp³-hybridized carbons (Fsp3) is 0.429. The highest BCUT2D eigenvalue weighted by Crippen LogP contribution is 2.23. The van der Waals surface area contributed by atoms with E-state index in [0.717, 1.165) is 5.56 Å². The number of rotatable bonds is 3. The third kappa shape index (κ3) is 2.92. The molecule has 0 saturated carbocycles. The lowest BCUT2D eigenvalue weighted by Gasteiger charge is -2.34. The van der Waals surface area contributed by atoms with Gasteiger partial charge in [0.05, 0.1) is 13.2 Å². The van der Waals surface area contributed by atoms with Gasteiger partial charge in [-0.05, 0) is 22.9 Å². The average molecular weight is 287 g/mol. The summed E-state index contributed by atoms with van der Waals surface area (Å²) in [5.41, 5.74) is 1.09. The summed E-state index contributed by atoms with van der Waals surface area (Å²) >= 11 is 0. The Morgan fingerprint density at radius 3 is 2.90 bits per heavy atom. The molecule has 1 aliphatic heterocycles. The van der Waals surface area contributed by atoms with Gasteiger partial charge < -0.3 is 9.64 Å². The van der Waals surface area contributed by atoms with Crippen LogP contribution in [-0.2, 0) is 9.53 Å².